The van der Waals surface area contributed by atoms with E-state index in [9.17, 15) is 0 Å². The predicted octanol–water partition coefficient (Wildman–Crippen LogP) is 3.97. The van der Waals surface area contributed by atoms with Crippen molar-refractivity contribution < 1.29 is 4.74 Å². The van der Waals surface area contributed by atoms with Gasteiger partial charge in [-0.25, -0.2) is 4.98 Å². The number of ether oxygens (including phenoxy) is 1. The summed E-state index contributed by atoms with van der Waals surface area (Å²) in [5, 5.41) is 1.24. The molecule has 1 atom stereocenters. The van der Waals surface area contributed by atoms with Crippen molar-refractivity contribution in [3.05, 3.63) is 65.0 Å². The normalized spacial score (nSPS) is 20.9. The molecule has 2 aromatic heterocycles. The summed E-state index contributed by atoms with van der Waals surface area (Å²) in [6.07, 6.45) is 5.43. The minimum atomic E-state index is 0.196. The second-order valence-electron chi connectivity index (χ2n) is 7.15. The molecule has 4 heteroatoms. The zero-order valence-electron chi connectivity index (χ0n) is 14.4. The van der Waals surface area contributed by atoms with Crippen LogP contribution in [0.25, 0.3) is 11.0 Å². The maximum atomic E-state index is 5.98. The molecule has 1 N–H and O–H groups in total. The van der Waals surface area contributed by atoms with Crippen LogP contribution in [0.5, 0.6) is 0 Å². The molecule has 1 aromatic carbocycles. The molecule has 5 rings (SSSR count). The number of hydrogen-bond donors (Lipinski definition) is 1. The molecule has 0 saturated carbocycles. The zero-order valence-corrected chi connectivity index (χ0v) is 14.4. The summed E-state index contributed by atoms with van der Waals surface area (Å²) in [5.41, 5.74) is 6.56. The first-order chi connectivity index (χ1) is 12.4. The Morgan fingerprint density at radius 1 is 1.16 bits per heavy atom. The summed E-state index contributed by atoms with van der Waals surface area (Å²) in [7, 11) is 0. The Kier molecular flexibility index (Phi) is 3.80. The molecule has 25 heavy (non-hydrogen) atoms. The topological polar surface area (TPSA) is 41.1 Å². The first kappa shape index (κ1) is 15.1. The number of pyridine rings is 1. The Hall–Kier alpha value is -2.17. The summed E-state index contributed by atoms with van der Waals surface area (Å²) >= 11 is 0. The van der Waals surface area contributed by atoms with Gasteiger partial charge in [0.15, 0.2) is 0 Å². The van der Waals surface area contributed by atoms with E-state index in [1.807, 2.05) is 12.3 Å². The fourth-order valence-electron chi connectivity index (χ4n) is 4.26. The number of nitrogens with one attached hydrogen (secondary N) is 1. The van der Waals surface area contributed by atoms with E-state index in [1.54, 1.807) is 0 Å². The van der Waals surface area contributed by atoms with Gasteiger partial charge in [0.05, 0.1) is 11.8 Å². The number of rotatable bonds is 3. The van der Waals surface area contributed by atoms with Gasteiger partial charge in [-0.3, -0.25) is 4.90 Å². The third-order valence-corrected chi connectivity index (χ3v) is 5.55. The summed E-state index contributed by atoms with van der Waals surface area (Å²) in [6.45, 7) is 3.95. The molecule has 4 nitrogen and oxygen atoms in total. The molecule has 0 radical (unpaired) electrons. The highest BCUT2D eigenvalue weighted by molar-refractivity contribution is 5.81. The molecule has 128 valence electrons. The summed E-state index contributed by atoms with van der Waals surface area (Å²) in [5.74, 6) is 0. The van der Waals surface area contributed by atoms with Crippen LogP contribution < -0.4 is 0 Å². The summed E-state index contributed by atoms with van der Waals surface area (Å²) < 4.78 is 5.98. The molecule has 3 aromatic rings. The maximum Gasteiger partial charge on any atom is 0.137 e. The van der Waals surface area contributed by atoms with Crippen LogP contribution in [0, 0.1) is 0 Å². The average Bonchev–Trinajstić information content (AvgIpc) is 3.30. The Balaban J connectivity index is 1.49. The van der Waals surface area contributed by atoms with Gasteiger partial charge in [-0.15, -0.1) is 0 Å². The van der Waals surface area contributed by atoms with Gasteiger partial charge in [0.25, 0.3) is 0 Å². The minimum absolute atomic E-state index is 0.196. The first-order valence-electron chi connectivity index (χ1n) is 9.25. The van der Waals surface area contributed by atoms with E-state index in [0.29, 0.717) is 0 Å². The number of nitrogens with zero attached hydrogens (tertiary/aromatic N) is 2. The van der Waals surface area contributed by atoms with Gasteiger partial charge in [-0.2, -0.15) is 0 Å². The van der Waals surface area contributed by atoms with Crippen molar-refractivity contribution in [1.29, 1.82) is 0 Å². The standard InChI is InChI=1S/C21H23N3O/c1-2-6-16-13-24(11-9-15(16)5-1)14-18-17-7-3-10-22-21(17)23-20(18)19-8-4-12-25-19/h1-3,5-7,10,19H,4,8-9,11-14H2,(H,22,23)/t19-/m0/s1. The van der Waals surface area contributed by atoms with Gasteiger partial charge in [-0.05, 0) is 48.1 Å². The second-order valence-corrected chi connectivity index (χ2v) is 7.15. The quantitative estimate of drug-likeness (QED) is 0.788. The summed E-state index contributed by atoms with van der Waals surface area (Å²) in [4.78, 5) is 10.6. The maximum absolute atomic E-state index is 5.98. The lowest BCUT2D eigenvalue weighted by Crippen LogP contribution is -2.30. The number of fused-ring (bicyclic) bond motifs is 2. The minimum Gasteiger partial charge on any atom is -0.372 e. The SMILES string of the molecule is c1ccc2c(c1)CCN(Cc1c([C@@H]3CCCO3)[nH]c3ncccc13)C2. The van der Waals surface area contributed by atoms with Crippen LogP contribution in [-0.4, -0.2) is 28.0 Å². The molecule has 0 spiro atoms. The number of aromatic amines is 1. The molecule has 0 unspecified atom stereocenters. The Bertz CT molecular complexity index is 895. The second kappa shape index (κ2) is 6.28. The number of aromatic nitrogens is 2. The van der Waals surface area contributed by atoms with Crippen LogP contribution in [-0.2, 0) is 24.2 Å². The van der Waals surface area contributed by atoms with Crippen LogP contribution in [0.2, 0.25) is 0 Å². The van der Waals surface area contributed by atoms with Gasteiger partial charge < -0.3 is 9.72 Å². The highest BCUT2D eigenvalue weighted by Crippen LogP contribution is 2.35. The molecular weight excluding hydrogens is 310 g/mol. The van der Waals surface area contributed by atoms with Crippen molar-refractivity contribution in [1.82, 2.24) is 14.9 Å². The van der Waals surface area contributed by atoms with E-state index in [4.69, 9.17) is 4.74 Å². The van der Waals surface area contributed by atoms with Gasteiger partial charge in [-0.1, -0.05) is 24.3 Å². The van der Waals surface area contributed by atoms with Crippen LogP contribution in [0.3, 0.4) is 0 Å². The third-order valence-electron chi connectivity index (χ3n) is 5.55. The molecule has 0 aliphatic carbocycles. The molecular formula is C21H23N3O. The van der Waals surface area contributed by atoms with Crippen molar-refractivity contribution >= 4 is 11.0 Å². The molecule has 2 aliphatic heterocycles. The average molecular weight is 333 g/mol. The molecule has 1 saturated heterocycles. The van der Waals surface area contributed by atoms with Crippen LogP contribution >= 0.6 is 0 Å². The molecule has 4 heterocycles. The van der Waals surface area contributed by atoms with Crippen molar-refractivity contribution in [2.24, 2.45) is 0 Å². The van der Waals surface area contributed by atoms with E-state index in [-0.39, 0.29) is 6.10 Å². The molecule has 2 aliphatic rings. The Labute approximate surface area is 147 Å². The van der Waals surface area contributed by atoms with Crippen molar-refractivity contribution in [2.45, 2.75) is 38.5 Å². The van der Waals surface area contributed by atoms with Gasteiger partial charge in [0.1, 0.15) is 5.65 Å². The first-order valence-corrected chi connectivity index (χ1v) is 9.25. The fourth-order valence-corrected chi connectivity index (χ4v) is 4.26. The molecule has 0 bridgehead atoms. The Morgan fingerprint density at radius 2 is 2.08 bits per heavy atom. The van der Waals surface area contributed by atoms with Crippen molar-refractivity contribution in [3.63, 3.8) is 0 Å². The molecule has 1 fully saturated rings. The molecule has 0 amide bonds. The highest BCUT2D eigenvalue weighted by Gasteiger charge is 2.26. The summed E-state index contributed by atoms with van der Waals surface area (Å²) in [6, 6.07) is 13.0. The van der Waals surface area contributed by atoms with Crippen molar-refractivity contribution in [2.75, 3.05) is 13.2 Å². The lowest BCUT2D eigenvalue weighted by Gasteiger charge is -2.29. The fraction of sp³-hybridized carbons (Fsp3) is 0.381. The Morgan fingerprint density at radius 3 is 2.96 bits per heavy atom. The van der Waals surface area contributed by atoms with Crippen LogP contribution in [0.15, 0.2) is 42.6 Å². The lowest BCUT2D eigenvalue weighted by atomic mass is 9.98. The van der Waals surface area contributed by atoms with Crippen LogP contribution in [0.1, 0.15) is 41.3 Å². The largest absolute Gasteiger partial charge is 0.372 e. The van der Waals surface area contributed by atoms with E-state index < -0.39 is 0 Å². The van der Waals surface area contributed by atoms with Gasteiger partial charge in [0, 0.05) is 37.8 Å². The number of H-pyrrole nitrogens is 1. The van der Waals surface area contributed by atoms with E-state index in [1.165, 1.54) is 27.8 Å². The van der Waals surface area contributed by atoms with E-state index in [2.05, 4.69) is 45.2 Å². The number of hydrogen-bond acceptors (Lipinski definition) is 3. The number of benzene rings is 1. The van der Waals surface area contributed by atoms with Gasteiger partial charge in [0.2, 0.25) is 0 Å². The smallest absolute Gasteiger partial charge is 0.137 e. The highest BCUT2D eigenvalue weighted by atomic mass is 16.5. The zero-order chi connectivity index (χ0) is 16.6. The lowest BCUT2D eigenvalue weighted by molar-refractivity contribution is 0.107. The van der Waals surface area contributed by atoms with Gasteiger partial charge >= 0.3 is 0 Å². The monoisotopic (exact) mass is 333 g/mol. The van der Waals surface area contributed by atoms with E-state index >= 15 is 0 Å². The van der Waals surface area contributed by atoms with Crippen molar-refractivity contribution in [3.8, 4) is 0 Å². The van der Waals surface area contributed by atoms with Crippen LogP contribution in [0.4, 0.5) is 0 Å². The third kappa shape index (κ3) is 2.75. The van der Waals surface area contributed by atoms with E-state index in [0.717, 1.165) is 51.2 Å². The predicted molar refractivity (Wildman–Crippen MR) is 98.3 cm³/mol.